The molecule has 0 atom stereocenters. The number of methoxy groups -OCH3 is 1. The van der Waals surface area contributed by atoms with E-state index in [0.717, 1.165) is 59.3 Å². The van der Waals surface area contributed by atoms with Crippen LogP contribution in [-0.2, 0) is 45.2 Å². The normalized spacial score (nSPS) is 11.5. The number of hydrogen-bond donors (Lipinski definition) is 1. The van der Waals surface area contributed by atoms with E-state index in [4.69, 9.17) is 20.2 Å². The zero-order valence-corrected chi connectivity index (χ0v) is 25.8. The Bertz CT molecular complexity index is 1530. The Morgan fingerprint density at radius 1 is 0.977 bits per heavy atom. The third-order valence-corrected chi connectivity index (χ3v) is 7.73. The van der Waals surface area contributed by atoms with Crippen molar-refractivity contribution in [2.45, 2.75) is 59.7 Å². The maximum atomic E-state index is 13.5. The summed E-state index contributed by atoms with van der Waals surface area (Å²) in [5.41, 5.74) is 10.7. The average molecular weight is 589 g/mol. The molecule has 0 aliphatic rings. The molecule has 0 saturated heterocycles. The third kappa shape index (κ3) is 8.09. The van der Waals surface area contributed by atoms with E-state index in [1.54, 1.807) is 0 Å². The average Bonchev–Trinajstić information content (AvgIpc) is 3.39. The van der Waals surface area contributed by atoms with E-state index < -0.39 is 0 Å². The largest absolute Gasteiger partial charge is 0.469 e. The summed E-state index contributed by atoms with van der Waals surface area (Å²) in [7, 11) is 1.39. The molecule has 0 saturated carbocycles. The fourth-order valence-electron chi connectivity index (χ4n) is 5.35. The zero-order valence-electron chi connectivity index (χ0n) is 25.8. The molecule has 0 unspecified atom stereocenters. The Balaban J connectivity index is 1.53. The van der Waals surface area contributed by atoms with Crippen molar-refractivity contribution in [3.63, 3.8) is 0 Å². The summed E-state index contributed by atoms with van der Waals surface area (Å²) in [6.45, 7) is 10.9. The summed E-state index contributed by atoms with van der Waals surface area (Å²) >= 11 is 0. The van der Waals surface area contributed by atoms with Crippen molar-refractivity contribution in [1.29, 1.82) is 0 Å². The van der Waals surface area contributed by atoms with E-state index in [-0.39, 0.29) is 18.3 Å². The second-order valence-electron chi connectivity index (χ2n) is 10.6. The number of carbonyl (C=O) groups excluding carboxylic acids is 2. The minimum atomic E-state index is -0.285. The molecule has 0 spiro atoms. The van der Waals surface area contributed by atoms with Gasteiger partial charge in [-0.1, -0.05) is 56.3 Å². The molecule has 2 N–H and O–H groups in total. The number of nitrogen functional groups attached to an aromatic ring is 1. The smallest absolute Gasteiger partial charge is 0.309 e. The number of nitrogens with two attached hydrogens (primary N) is 1. The third-order valence-electron chi connectivity index (χ3n) is 7.73. The minimum absolute atomic E-state index is 0.0945. The number of fused-ring (bicyclic) bond motifs is 3. The molecule has 0 aliphatic carbocycles. The number of pyridine rings is 1. The van der Waals surface area contributed by atoms with Crippen LogP contribution < -0.4 is 5.73 Å². The molecule has 1 amide bonds. The number of amides is 1. The van der Waals surface area contributed by atoms with Crippen LogP contribution in [0.15, 0.2) is 48.5 Å². The molecule has 0 bridgehead atoms. The lowest BCUT2D eigenvalue weighted by atomic mass is 10.1. The van der Waals surface area contributed by atoms with Gasteiger partial charge in [0.15, 0.2) is 5.82 Å². The standard InChI is InChI=1S/C33H44N6O4/c1-5-37(6-2)22-29(40)38(21-25-14-12-13-24(19-25)20-30(41)42-4)17-10-11-18-39-28(23-43-7-3)36-31-32(39)26-15-8-9-16-27(26)35-33(31)34/h8-9,12-16,19H,5-7,10-11,17-18,20-23H2,1-4H3,(H2,34,35). The number of aromatic nitrogens is 3. The van der Waals surface area contributed by atoms with Crippen LogP contribution in [0.5, 0.6) is 0 Å². The summed E-state index contributed by atoms with van der Waals surface area (Å²) in [6.07, 6.45) is 1.84. The number of imidazole rings is 1. The van der Waals surface area contributed by atoms with Gasteiger partial charge in [-0.15, -0.1) is 0 Å². The maximum absolute atomic E-state index is 13.5. The number of esters is 1. The first-order valence-corrected chi connectivity index (χ1v) is 15.1. The van der Waals surface area contributed by atoms with E-state index in [0.29, 0.717) is 50.7 Å². The number of para-hydroxylation sites is 1. The van der Waals surface area contributed by atoms with E-state index in [9.17, 15) is 9.59 Å². The molecular weight excluding hydrogens is 544 g/mol. The first-order chi connectivity index (χ1) is 20.9. The van der Waals surface area contributed by atoms with Gasteiger partial charge >= 0.3 is 5.97 Å². The van der Waals surface area contributed by atoms with Crippen molar-refractivity contribution in [2.75, 3.05) is 45.6 Å². The second kappa shape index (κ2) is 15.5. The number of aryl methyl sites for hydroxylation is 1. The van der Waals surface area contributed by atoms with Gasteiger partial charge in [-0.3, -0.25) is 14.5 Å². The number of benzene rings is 2. The number of hydrogen-bond acceptors (Lipinski definition) is 8. The Morgan fingerprint density at radius 3 is 2.49 bits per heavy atom. The van der Waals surface area contributed by atoms with Gasteiger partial charge in [-0.05, 0) is 50.0 Å². The number of rotatable bonds is 16. The minimum Gasteiger partial charge on any atom is -0.469 e. The lowest BCUT2D eigenvalue weighted by Gasteiger charge is -2.27. The number of anilines is 1. The van der Waals surface area contributed by atoms with E-state index in [1.807, 2.05) is 54.3 Å². The second-order valence-corrected chi connectivity index (χ2v) is 10.6. The van der Waals surface area contributed by atoms with Crippen molar-refractivity contribution >= 4 is 39.6 Å². The first kappa shape index (κ1) is 31.9. The van der Waals surface area contributed by atoms with Gasteiger partial charge in [0.1, 0.15) is 17.9 Å². The lowest BCUT2D eigenvalue weighted by molar-refractivity contribution is -0.139. The molecule has 0 aliphatic heterocycles. The van der Waals surface area contributed by atoms with Crippen molar-refractivity contribution in [3.05, 3.63) is 65.5 Å². The van der Waals surface area contributed by atoms with Crippen LogP contribution in [-0.4, -0.2) is 76.1 Å². The Labute approximate surface area is 253 Å². The Morgan fingerprint density at radius 2 is 1.74 bits per heavy atom. The highest BCUT2D eigenvalue weighted by atomic mass is 16.5. The molecule has 2 aromatic heterocycles. The molecule has 2 aromatic carbocycles. The van der Waals surface area contributed by atoms with Gasteiger partial charge in [-0.25, -0.2) is 9.97 Å². The van der Waals surface area contributed by atoms with Gasteiger partial charge in [0.25, 0.3) is 0 Å². The highest BCUT2D eigenvalue weighted by molar-refractivity contribution is 6.06. The quantitative estimate of drug-likeness (QED) is 0.150. The summed E-state index contributed by atoms with van der Waals surface area (Å²) in [6, 6.07) is 15.8. The molecule has 10 heteroatoms. The number of likely N-dealkylation sites (N-methyl/N-ethyl adjacent to an activating group) is 1. The zero-order chi connectivity index (χ0) is 30.8. The van der Waals surface area contributed by atoms with E-state index in [1.165, 1.54) is 7.11 Å². The molecule has 0 radical (unpaired) electrons. The number of ether oxygens (including phenoxy) is 2. The van der Waals surface area contributed by atoms with Crippen LogP contribution in [0.2, 0.25) is 0 Å². The van der Waals surface area contributed by atoms with Crippen LogP contribution in [0.1, 0.15) is 50.6 Å². The van der Waals surface area contributed by atoms with Gasteiger partial charge in [0.2, 0.25) is 5.91 Å². The topological polar surface area (TPSA) is 116 Å². The summed E-state index contributed by atoms with van der Waals surface area (Å²) in [5, 5.41) is 1.00. The van der Waals surface area contributed by atoms with Gasteiger partial charge in [-0.2, -0.15) is 0 Å². The molecule has 43 heavy (non-hydrogen) atoms. The van der Waals surface area contributed by atoms with Crippen LogP contribution >= 0.6 is 0 Å². The molecule has 2 heterocycles. The van der Waals surface area contributed by atoms with Gasteiger partial charge in [0, 0.05) is 31.6 Å². The summed E-state index contributed by atoms with van der Waals surface area (Å²) in [5.74, 6) is 1.04. The number of carbonyl (C=O) groups is 2. The van der Waals surface area contributed by atoms with Crippen LogP contribution in [0.3, 0.4) is 0 Å². The van der Waals surface area contributed by atoms with E-state index >= 15 is 0 Å². The molecule has 10 nitrogen and oxygen atoms in total. The molecule has 4 rings (SSSR count). The molecule has 230 valence electrons. The highest BCUT2D eigenvalue weighted by Crippen LogP contribution is 2.29. The van der Waals surface area contributed by atoms with Gasteiger partial charge in [0.05, 0.1) is 31.1 Å². The predicted octanol–water partition coefficient (Wildman–Crippen LogP) is 4.57. The SMILES string of the molecule is CCOCc1nc2c(N)nc3ccccc3c2n1CCCCN(Cc1cccc(CC(=O)OC)c1)C(=O)CN(CC)CC. The summed E-state index contributed by atoms with van der Waals surface area (Å²) in [4.78, 5) is 38.8. The van der Waals surface area contributed by atoms with Crippen molar-refractivity contribution in [1.82, 2.24) is 24.3 Å². The van der Waals surface area contributed by atoms with E-state index in [2.05, 4.69) is 34.4 Å². The lowest BCUT2D eigenvalue weighted by Crippen LogP contribution is -2.40. The number of unbranched alkanes of at least 4 members (excludes halogenated alkanes) is 1. The van der Waals surface area contributed by atoms with Crippen LogP contribution in [0, 0.1) is 0 Å². The van der Waals surface area contributed by atoms with Crippen molar-refractivity contribution in [3.8, 4) is 0 Å². The number of nitrogens with zero attached hydrogens (tertiary/aromatic N) is 5. The Hall–Kier alpha value is -4.02. The fraction of sp³-hybridized carbons (Fsp3) is 0.455. The van der Waals surface area contributed by atoms with Crippen LogP contribution in [0.4, 0.5) is 5.82 Å². The first-order valence-electron chi connectivity index (χ1n) is 15.1. The summed E-state index contributed by atoms with van der Waals surface area (Å²) < 4.78 is 12.8. The molecule has 0 fully saturated rings. The maximum Gasteiger partial charge on any atom is 0.309 e. The fourth-order valence-corrected chi connectivity index (χ4v) is 5.35. The van der Waals surface area contributed by atoms with Gasteiger partial charge < -0.3 is 24.7 Å². The molecule has 4 aromatic rings. The highest BCUT2D eigenvalue weighted by Gasteiger charge is 2.19. The van der Waals surface area contributed by atoms with Crippen LogP contribution in [0.25, 0.3) is 21.9 Å². The predicted molar refractivity (Wildman–Crippen MR) is 169 cm³/mol. The molecular formula is C33H44N6O4. The van der Waals surface area contributed by atoms with Crippen molar-refractivity contribution < 1.29 is 19.1 Å². The monoisotopic (exact) mass is 588 g/mol. The van der Waals surface area contributed by atoms with Crippen molar-refractivity contribution in [2.24, 2.45) is 0 Å². The Kier molecular flexibility index (Phi) is 11.5.